The topological polar surface area (TPSA) is 160 Å². The Morgan fingerprint density at radius 1 is 1.05 bits per heavy atom. The van der Waals surface area contributed by atoms with Crippen molar-refractivity contribution >= 4 is 33.8 Å². The van der Waals surface area contributed by atoms with Crippen molar-refractivity contribution in [1.29, 1.82) is 0 Å². The summed E-state index contributed by atoms with van der Waals surface area (Å²) >= 11 is 0. The van der Waals surface area contributed by atoms with Crippen LogP contribution in [0.3, 0.4) is 0 Å². The maximum Gasteiger partial charge on any atom is 0.490 e. The lowest BCUT2D eigenvalue weighted by molar-refractivity contribution is -0.192. The Morgan fingerprint density at radius 3 is 2.09 bits per heavy atom. The van der Waals surface area contributed by atoms with Gasteiger partial charge in [-0.2, -0.15) is 17.5 Å². The van der Waals surface area contributed by atoms with Gasteiger partial charge in [0.15, 0.2) is 0 Å². The molecule has 0 saturated carbocycles. The smallest absolute Gasteiger partial charge is 0.490 e. The quantitative estimate of drug-likeness (QED) is 0.304. The molecule has 0 aliphatic carbocycles. The van der Waals surface area contributed by atoms with E-state index in [1.807, 2.05) is 30.3 Å². The van der Waals surface area contributed by atoms with Crippen LogP contribution >= 0.6 is 0 Å². The van der Waals surface area contributed by atoms with Gasteiger partial charge in [-0.05, 0) is 29.8 Å². The van der Waals surface area contributed by atoms with E-state index in [0.717, 1.165) is 10.5 Å². The second kappa shape index (κ2) is 13.3. The number of carbonyl (C=O) groups excluding carboxylic acids is 3. The predicted octanol–water partition coefficient (Wildman–Crippen LogP) is 1.70. The standard InChI is InChI=1S/C26H31N3O7S.C2HF3O2/c1-5-29(37(33,34)19-13-11-18(35-3)12-14-19)16-20-21-22(24(31)28(2)23(21)30)26(27-20,25(32)36-4)15-17-9-7-6-8-10-17;3-2(4,5)1(6)7/h6-14,20-22,27H,5,15-16H2,1-4H3;(H,6,7)/t20-,21+,22-,26-;/m1./s1. The first kappa shape index (κ1) is 34.5. The number of imide groups is 1. The molecular weight excluding hydrogens is 611 g/mol. The lowest BCUT2D eigenvalue weighted by Crippen LogP contribution is -2.59. The summed E-state index contributed by atoms with van der Waals surface area (Å²) in [5, 5.41) is 10.3. The van der Waals surface area contributed by atoms with Gasteiger partial charge in [-0.1, -0.05) is 37.3 Å². The lowest BCUT2D eigenvalue weighted by Gasteiger charge is -2.33. The average molecular weight is 644 g/mol. The van der Waals surface area contributed by atoms with Crippen molar-refractivity contribution < 1.29 is 55.3 Å². The third-order valence-corrected chi connectivity index (χ3v) is 9.50. The number of esters is 1. The van der Waals surface area contributed by atoms with Gasteiger partial charge in [-0.25, -0.2) is 13.2 Å². The fourth-order valence-corrected chi connectivity index (χ4v) is 6.94. The molecule has 4 atom stereocenters. The minimum Gasteiger partial charge on any atom is -0.497 e. The molecule has 0 spiro atoms. The molecule has 2 heterocycles. The highest BCUT2D eigenvalue weighted by Gasteiger charge is 2.68. The van der Waals surface area contributed by atoms with Gasteiger partial charge in [-0.3, -0.25) is 24.6 Å². The number of aliphatic carboxylic acids is 1. The summed E-state index contributed by atoms with van der Waals surface area (Å²) in [4.78, 5) is 49.9. The van der Waals surface area contributed by atoms with E-state index >= 15 is 0 Å². The summed E-state index contributed by atoms with van der Waals surface area (Å²) in [6.07, 6.45) is -4.98. The van der Waals surface area contributed by atoms with Crippen LogP contribution in [0.15, 0.2) is 59.5 Å². The number of likely N-dealkylation sites (tertiary alicyclic amines) is 1. The van der Waals surface area contributed by atoms with Crippen molar-refractivity contribution in [1.82, 2.24) is 14.5 Å². The zero-order valence-corrected chi connectivity index (χ0v) is 25.0. The number of nitrogens with zero attached hydrogens (tertiary/aromatic N) is 2. The zero-order chi connectivity index (χ0) is 33.0. The second-order valence-electron chi connectivity index (χ2n) is 10.0. The Labute approximate surface area is 251 Å². The fraction of sp³-hybridized carbons (Fsp3) is 0.429. The number of halogens is 3. The van der Waals surface area contributed by atoms with Gasteiger partial charge in [0, 0.05) is 32.6 Å². The maximum atomic E-state index is 13.5. The highest BCUT2D eigenvalue weighted by Crippen LogP contribution is 2.45. The Morgan fingerprint density at radius 2 is 1.61 bits per heavy atom. The number of nitrogens with one attached hydrogen (secondary N) is 1. The molecule has 0 aromatic heterocycles. The zero-order valence-electron chi connectivity index (χ0n) is 24.2. The number of sulfonamides is 1. The SMILES string of the molecule is CCN(C[C@H]1N[C@@](Cc2ccccc2)(C(=O)OC)[C@H]2C(=O)N(C)C(=O)[C@@H]12)S(=O)(=O)c1ccc(OC)cc1.O=C(O)C(F)(F)F. The first-order valence-electron chi connectivity index (χ1n) is 13.2. The summed E-state index contributed by atoms with van der Waals surface area (Å²) in [5.74, 6) is -5.83. The van der Waals surface area contributed by atoms with E-state index in [1.165, 1.54) is 37.7 Å². The second-order valence-corrected chi connectivity index (χ2v) is 12.0. The third kappa shape index (κ3) is 6.71. The molecule has 240 valence electrons. The van der Waals surface area contributed by atoms with Crippen LogP contribution in [0.1, 0.15) is 12.5 Å². The summed E-state index contributed by atoms with van der Waals surface area (Å²) in [6.45, 7) is 1.69. The van der Waals surface area contributed by atoms with E-state index in [9.17, 15) is 36.0 Å². The van der Waals surface area contributed by atoms with Gasteiger partial charge in [0.2, 0.25) is 21.8 Å². The molecule has 0 unspecified atom stereocenters. The van der Waals surface area contributed by atoms with Gasteiger partial charge in [0.05, 0.1) is 31.0 Å². The number of fused-ring (bicyclic) bond motifs is 1. The predicted molar refractivity (Wildman–Crippen MR) is 148 cm³/mol. The maximum absolute atomic E-state index is 13.5. The fourth-order valence-electron chi connectivity index (χ4n) is 5.46. The Balaban J connectivity index is 0.000000676. The van der Waals surface area contributed by atoms with Crippen molar-refractivity contribution in [3.8, 4) is 5.75 Å². The Hall–Kier alpha value is -4.02. The van der Waals surface area contributed by atoms with Crippen LogP contribution in [-0.4, -0.2) is 98.6 Å². The van der Waals surface area contributed by atoms with E-state index in [4.69, 9.17) is 19.4 Å². The number of methoxy groups -OCH3 is 2. The van der Waals surface area contributed by atoms with Gasteiger partial charge >= 0.3 is 18.1 Å². The van der Waals surface area contributed by atoms with Crippen molar-refractivity contribution in [3.63, 3.8) is 0 Å². The molecule has 2 N–H and O–H groups in total. The average Bonchev–Trinajstić information content (AvgIpc) is 3.43. The van der Waals surface area contributed by atoms with Crippen LogP contribution in [0.2, 0.25) is 0 Å². The van der Waals surface area contributed by atoms with Crippen molar-refractivity contribution in [3.05, 3.63) is 60.2 Å². The summed E-state index contributed by atoms with van der Waals surface area (Å²) < 4.78 is 70.3. The first-order chi connectivity index (χ1) is 20.5. The van der Waals surface area contributed by atoms with Crippen molar-refractivity contribution in [2.45, 2.75) is 36.0 Å². The molecule has 2 fully saturated rings. The van der Waals surface area contributed by atoms with Crippen LogP contribution in [0.4, 0.5) is 13.2 Å². The van der Waals surface area contributed by atoms with E-state index in [2.05, 4.69) is 5.32 Å². The van der Waals surface area contributed by atoms with Gasteiger partial charge in [0.25, 0.3) is 0 Å². The molecule has 2 aliphatic heterocycles. The molecular formula is C28H32F3N3O9S. The molecule has 12 nitrogen and oxygen atoms in total. The molecule has 2 amide bonds. The molecule has 0 radical (unpaired) electrons. The number of carbonyl (C=O) groups is 4. The number of alkyl halides is 3. The number of ether oxygens (including phenoxy) is 2. The summed E-state index contributed by atoms with van der Waals surface area (Å²) in [6, 6.07) is 14.3. The molecule has 2 aliphatic rings. The van der Waals surface area contributed by atoms with E-state index in [0.29, 0.717) is 5.75 Å². The van der Waals surface area contributed by atoms with Crippen LogP contribution in [0.25, 0.3) is 0 Å². The highest BCUT2D eigenvalue weighted by atomic mass is 32.2. The molecule has 2 aromatic carbocycles. The Kier molecular flexibility index (Phi) is 10.4. The largest absolute Gasteiger partial charge is 0.497 e. The molecule has 2 aromatic rings. The lowest BCUT2D eigenvalue weighted by atomic mass is 9.76. The van der Waals surface area contributed by atoms with Crippen molar-refractivity contribution in [2.24, 2.45) is 11.8 Å². The minimum atomic E-state index is -5.08. The Bertz CT molecular complexity index is 1490. The highest BCUT2D eigenvalue weighted by molar-refractivity contribution is 7.89. The number of benzene rings is 2. The van der Waals surface area contributed by atoms with Crippen molar-refractivity contribution in [2.75, 3.05) is 34.4 Å². The number of hydrogen-bond donors (Lipinski definition) is 2. The van der Waals surface area contributed by atoms with Crippen LogP contribution < -0.4 is 10.1 Å². The normalized spacial score (nSPS) is 23.2. The molecule has 0 bridgehead atoms. The monoisotopic (exact) mass is 643 g/mol. The number of likely N-dealkylation sites (N-methyl/N-ethyl adjacent to an activating group) is 1. The van der Waals surface area contributed by atoms with Gasteiger partial charge < -0.3 is 14.6 Å². The molecule has 4 rings (SSSR count). The molecule has 44 heavy (non-hydrogen) atoms. The van der Waals surface area contributed by atoms with Gasteiger partial charge in [0.1, 0.15) is 11.3 Å². The van der Waals surface area contributed by atoms with E-state index in [1.54, 1.807) is 19.1 Å². The van der Waals surface area contributed by atoms with Crippen LogP contribution in [-0.2, 0) is 40.4 Å². The third-order valence-electron chi connectivity index (χ3n) is 7.55. The number of rotatable bonds is 9. The van der Waals surface area contributed by atoms with E-state index < -0.39 is 63.4 Å². The number of carboxylic acids is 1. The minimum absolute atomic E-state index is 0.0687. The first-order valence-corrected chi connectivity index (χ1v) is 14.6. The van der Waals surface area contributed by atoms with Crippen LogP contribution in [0, 0.1) is 11.8 Å². The van der Waals surface area contributed by atoms with Crippen LogP contribution in [0.5, 0.6) is 5.75 Å². The number of amides is 2. The number of hydrogen-bond acceptors (Lipinski definition) is 9. The van der Waals surface area contributed by atoms with E-state index in [-0.39, 0.29) is 24.4 Å². The van der Waals surface area contributed by atoms with Gasteiger partial charge in [-0.15, -0.1) is 0 Å². The number of carboxylic acid groups (broad SMARTS) is 1. The molecule has 2 saturated heterocycles. The molecule has 16 heteroatoms. The summed E-state index contributed by atoms with van der Waals surface area (Å²) in [7, 11) is 0.161. The summed E-state index contributed by atoms with van der Waals surface area (Å²) in [5.41, 5.74) is -0.764.